The summed E-state index contributed by atoms with van der Waals surface area (Å²) in [6, 6.07) is 18.2. The van der Waals surface area contributed by atoms with Crippen molar-refractivity contribution in [3.63, 3.8) is 0 Å². The normalized spacial score (nSPS) is 12.2. The molecule has 0 saturated heterocycles. The highest BCUT2D eigenvalue weighted by Gasteiger charge is 2.34. The van der Waals surface area contributed by atoms with E-state index in [1.807, 2.05) is 20.8 Å². The van der Waals surface area contributed by atoms with Crippen molar-refractivity contribution in [1.29, 1.82) is 0 Å². The number of hydrogen-bond donors (Lipinski definition) is 1. The van der Waals surface area contributed by atoms with E-state index in [0.717, 1.165) is 9.87 Å². The maximum absolute atomic E-state index is 14.1. The molecule has 214 valence electrons. The van der Waals surface area contributed by atoms with E-state index in [-0.39, 0.29) is 23.3 Å². The summed E-state index contributed by atoms with van der Waals surface area (Å²) in [6.07, 6.45) is 0.311. The Morgan fingerprint density at radius 3 is 2.12 bits per heavy atom. The molecule has 2 amide bonds. The second-order valence-electron chi connectivity index (χ2n) is 10.3. The number of nitrogens with one attached hydrogen (secondary N) is 1. The minimum atomic E-state index is -4.14. The van der Waals surface area contributed by atoms with Gasteiger partial charge in [0.2, 0.25) is 11.8 Å². The number of amides is 2. The first-order valence-corrected chi connectivity index (χ1v) is 14.8. The highest BCUT2D eigenvalue weighted by Crippen LogP contribution is 2.27. The van der Waals surface area contributed by atoms with Crippen LogP contribution < -0.4 is 9.62 Å². The summed E-state index contributed by atoms with van der Waals surface area (Å²) in [7, 11) is -4.14. The topological polar surface area (TPSA) is 86.8 Å². The third kappa shape index (κ3) is 7.69. The Morgan fingerprint density at radius 2 is 1.55 bits per heavy atom. The molecule has 1 atom stereocenters. The van der Waals surface area contributed by atoms with Gasteiger partial charge in [-0.2, -0.15) is 0 Å². The predicted octanol–water partition coefficient (Wildman–Crippen LogP) is 5.22. The van der Waals surface area contributed by atoms with Gasteiger partial charge in [0.15, 0.2) is 0 Å². The molecule has 3 aromatic carbocycles. The van der Waals surface area contributed by atoms with Gasteiger partial charge in [0.05, 0.1) is 10.6 Å². The Labute approximate surface area is 237 Å². The Morgan fingerprint density at radius 1 is 0.925 bits per heavy atom. The van der Waals surface area contributed by atoms with Crippen LogP contribution in [-0.2, 0) is 26.2 Å². The summed E-state index contributed by atoms with van der Waals surface area (Å²) in [5, 5.41) is 2.89. The molecule has 0 aliphatic heterocycles. The summed E-state index contributed by atoms with van der Waals surface area (Å²) in [5.41, 5.74) is 2.57. The largest absolute Gasteiger partial charge is 0.354 e. The number of carbonyl (C=O) groups is 2. The molecule has 0 spiro atoms. The number of nitrogens with zero attached hydrogens (tertiary/aromatic N) is 2. The first kappa shape index (κ1) is 30.8. The van der Waals surface area contributed by atoms with E-state index in [0.29, 0.717) is 29.8 Å². The second kappa shape index (κ2) is 13.6. The zero-order chi connectivity index (χ0) is 29.4. The lowest BCUT2D eigenvalue weighted by molar-refractivity contribution is -0.140. The Balaban J connectivity index is 2.05. The van der Waals surface area contributed by atoms with Gasteiger partial charge >= 0.3 is 0 Å². The molecule has 0 heterocycles. The van der Waals surface area contributed by atoms with Crippen molar-refractivity contribution >= 4 is 27.5 Å². The summed E-state index contributed by atoms with van der Waals surface area (Å²) in [4.78, 5) is 28.7. The van der Waals surface area contributed by atoms with Gasteiger partial charge in [0.1, 0.15) is 18.4 Å². The number of rotatable bonds is 12. The monoisotopic (exact) mass is 567 g/mol. The van der Waals surface area contributed by atoms with E-state index in [1.54, 1.807) is 62.4 Å². The molecule has 9 heteroatoms. The number of hydrogen-bond acceptors (Lipinski definition) is 4. The van der Waals surface area contributed by atoms with Crippen LogP contribution in [0, 0.1) is 25.6 Å². The van der Waals surface area contributed by atoms with Gasteiger partial charge in [-0.15, -0.1) is 0 Å². The third-order valence-corrected chi connectivity index (χ3v) is 8.38. The van der Waals surface area contributed by atoms with Crippen molar-refractivity contribution in [3.05, 3.63) is 95.3 Å². The van der Waals surface area contributed by atoms with E-state index >= 15 is 0 Å². The molecule has 0 aromatic heterocycles. The maximum Gasteiger partial charge on any atom is 0.264 e. The molecule has 40 heavy (non-hydrogen) atoms. The van der Waals surface area contributed by atoms with Crippen LogP contribution in [0.1, 0.15) is 43.9 Å². The van der Waals surface area contributed by atoms with Crippen molar-refractivity contribution < 1.29 is 22.4 Å². The Kier molecular flexibility index (Phi) is 10.5. The number of aryl methyl sites for hydroxylation is 2. The van der Waals surface area contributed by atoms with Crippen LogP contribution in [0.15, 0.2) is 77.7 Å². The third-order valence-electron chi connectivity index (χ3n) is 6.61. The average molecular weight is 568 g/mol. The van der Waals surface area contributed by atoms with Crippen molar-refractivity contribution in [3.8, 4) is 0 Å². The minimum Gasteiger partial charge on any atom is -0.354 e. The number of carbonyl (C=O) groups excluding carboxylic acids is 2. The first-order chi connectivity index (χ1) is 18.9. The Bertz CT molecular complexity index is 1410. The number of benzene rings is 3. The zero-order valence-corrected chi connectivity index (χ0v) is 24.5. The van der Waals surface area contributed by atoms with Gasteiger partial charge in [-0.05, 0) is 67.6 Å². The second-order valence-corrected chi connectivity index (χ2v) is 12.2. The van der Waals surface area contributed by atoms with Crippen molar-refractivity contribution in [1.82, 2.24) is 10.2 Å². The van der Waals surface area contributed by atoms with Gasteiger partial charge in [-0.1, -0.05) is 68.8 Å². The quantitative estimate of drug-likeness (QED) is 0.325. The van der Waals surface area contributed by atoms with E-state index in [9.17, 15) is 22.4 Å². The number of sulfonamides is 1. The minimum absolute atomic E-state index is 0.0128. The zero-order valence-electron chi connectivity index (χ0n) is 23.7. The molecule has 7 nitrogen and oxygen atoms in total. The van der Waals surface area contributed by atoms with Crippen LogP contribution in [0.4, 0.5) is 10.1 Å². The van der Waals surface area contributed by atoms with Gasteiger partial charge in [0, 0.05) is 13.1 Å². The van der Waals surface area contributed by atoms with Crippen LogP contribution in [0.3, 0.4) is 0 Å². The standard InChI is InChI=1S/C31H38FN3O4S/c1-6-28(31(37)33-19-22(2)3)34(20-25-13-15-26(32)16-14-25)30(36)21-35(29-10-8-7-9-24(29)5)40(38,39)27-17-11-23(4)12-18-27/h7-18,22,28H,6,19-21H2,1-5H3,(H,33,37)/t28-/m0/s1. The highest BCUT2D eigenvalue weighted by molar-refractivity contribution is 7.92. The molecule has 0 radical (unpaired) electrons. The van der Waals surface area contributed by atoms with Crippen LogP contribution in [0.5, 0.6) is 0 Å². The van der Waals surface area contributed by atoms with Crippen LogP contribution in [0.25, 0.3) is 0 Å². The van der Waals surface area contributed by atoms with Crippen LogP contribution in [-0.4, -0.2) is 44.3 Å². The smallest absolute Gasteiger partial charge is 0.264 e. The first-order valence-electron chi connectivity index (χ1n) is 13.4. The summed E-state index contributed by atoms with van der Waals surface area (Å²) < 4.78 is 42.6. The van der Waals surface area contributed by atoms with E-state index < -0.39 is 34.3 Å². The highest BCUT2D eigenvalue weighted by atomic mass is 32.2. The number of halogens is 1. The van der Waals surface area contributed by atoms with Crippen LogP contribution >= 0.6 is 0 Å². The van der Waals surface area contributed by atoms with Crippen molar-refractivity contribution in [2.24, 2.45) is 5.92 Å². The molecule has 0 fully saturated rings. The van der Waals surface area contributed by atoms with Crippen molar-refractivity contribution in [2.45, 2.75) is 58.5 Å². The summed E-state index contributed by atoms with van der Waals surface area (Å²) in [5.74, 6) is -1.08. The van der Waals surface area contributed by atoms with Gasteiger partial charge < -0.3 is 10.2 Å². The van der Waals surface area contributed by atoms with Gasteiger partial charge in [-0.25, -0.2) is 12.8 Å². The SMILES string of the molecule is CC[C@@H](C(=O)NCC(C)C)N(Cc1ccc(F)cc1)C(=O)CN(c1ccccc1C)S(=O)(=O)c1ccc(C)cc1. The predicted molar refractivity (Wildman–Crippen MR) is 156 cm³/mol. The van der Waals surface area contributed by atoms with Gasteiger partial charge in [0.25, 0.3) is 10.0 Å². The Hall–Kier alpha value is -3.72. The molecule has 0 aliphatic carbocycles. The molecule has 0 aliphatic rings. The van der Waals surface area contributed by atoms with E-state index in [1.165, 1.54) is 29.2 Å². The maximum atomic E-state index is 14.1. The number of anilines is 1. The van der Waals surface area contributed by atoms with E-state index in [4.69, 9.17) is 0 Å². The lowest BCUT2D eigenvalue weighted by Crippen LogP contribution is -2.52. The fourth-order valence-corrected chi connectivity index (χ4v) is 5.80. The van der Waals surface area contributed by atoms with E-state index in [2.05, 4.69) is 5.32 Å². The summed E-state index contributed by atoms with van der Waals surface area (Å²) >= 11 is 0. The summed E-state index contributed by atoms with van der Waals surface area (Å²) in [6.45, 7) is 9.31. The van der Waals surface area contributed by atoms with Gasteiger partial charge in [-0.3, -0.25) is 13.9 Å². The fraction of sp³-hybridized carbons (Fsp3) is 0.355. The van der Waals surface area contributed by atoms with Crippen molar-refractivity contribution in [2.75, 3.05) is 17.4 Å². The number of para-hydroxylation sites is 1. The molecule has 3 aromatic rings. The lowest BCUT2D eigenvalue weighted by Gasteiger charge is -2.33. The molecular formula is C31H38FN3O4S. The average Bonchev–Trinajstić information content (AvgIpc) is 2.92. The molecule has 0 saturated carbocycles. The molecule has 0 bridgehead atoms. The fourth-order valence-electron chi connectivity index (χ4n) is 4.32. The lowest BCUT2D eigenvalue weighted by atomic mass is 10.1. The molecule has 1 N–H and O–H groups in total. The van der Waals surface area contributed by atoms with Crippen LogP contribution in [0.2, 0.25) is 0 Å². The molecule has 0 unspecified atom stereocenters. The molecule has 3 rings (SSSR count). The molecular weight excluding hydrogens is 529 g/mol.